The average molecular weight is 425 g/mol. The molecule has 0 aliphatic carbocycles. The molecular formula is C22H20FN3O3S. The standard InChI is InChI=1S/C22H20FN3O3S/c23-17-8-6-16(7-9-17)20(27)24-25-21(28)19-14-18(15-4-2-1-3-5-15)22(30-19)26-10-12-29-13-11-26/h1-9,14H,10-13H2,(H,24,27)(H,25,28). The Kier molecular flexibility index (Phi) is 6.06. The minimum absolute atomic E-state index is 0.252. The molecule has 0 spiro atoms. The largest absolute Gasteiger partial charge is 0.378 e. The zero-order chi connectivity index (χ0) is 20.9. The van der Waals surface area contributed by atoms with Crippen molar-refractivity contribution in [3.63, 3.8) is 0 Å². The van der Waals surface area contributed by atoms with Gasteiger partial charge in [0.25, 0.3) is 11.8 Å². The zero-order valence-corrected chi connectivity index (χ0v) is 16.9. The molecule has 0 atom stereocenters. The molecule has 3 aromatic rings. The van der Waals surface area contributed by atoms with Gasteiger partial charge in [-0.1, -0.05) is 30.3 Å². The number of benzene rings is 2. The second-order valence-corrected chi connectivity index (χ2v) is 7.74. The molecule has 2 heterocycles. The van der Waals surface area contributed by atoms with Crippen LogP contribution in [0.3, 0.4) is 0 Å². The number of rotatable bonds is 4. The Hall–Kier alpha value is -3.23. The first-order valence-corrected chi connectivity index (χ1v) is 10.3. The number of amides is 2. The molecule has 2 N–H and O–H groups in total. The van der Waals surface area contributed by atoms with E-state index in [1.807, 2.05) is 36.4 Å². The van der Waals surface area contributed by atoms with Crippen LogP contribution in [0.2, 0.25) is 0 Å². The van der Waals surface area contributed by atoms with Crippen LogP contribution in [0.1, 0.15) is 20.0 Å². The second-order valence-electron chi connectivity index (χ2n) is 6.71. The Morgan fingerprint density at radius 3 is 2.30 bits per heavy atom. The molecule has 1 fully saturated rings. The Labute approximate surface area is 177 Å². The van der Waals surface area contributed by atoms with E-state index < -0.39 is 17.6 Å². The molecule has 6 nitrogen and oxygen atoms in total. The van der Waals surface area contributed by atoms with Crippen LogP contribution in [-0.2, 0) is 4.74 Å². The second kappa shape index (κ2) is 9.06. The van der Waals surface area contributed by atoms with Gasteiger partial charge in [0.15, 0.2) is 0 Å². The molecule has 0 bridgehead atoms. The maximum Gasteiger partial charge on any atom is 0.279 e. The zero-order valence-electron chi connectivity index (χ0n) is 16.1. The maximum atomic E-state index is 13.0. The first-order chi connectivity index (χ1) is 14.6. The van der Waals surface area contributed by atoms with E-state index in [1.165, 1.54) is 35.6 Å². The highest BCUT2D eigenvalue weighted by atomic mass is 32.1. The Balaban J connectivity index is 1.53. The molecule has 1 aromatic heterocycles. The summed E-state index contributed by atoms with van der Waals surface area (Å²) in [6.07, 6.45) is 0. The van der Waals surface area contributed by atoms with E-state index in [2.05, 4.69) is 15.8 Å². The fourth-order valence-corrected chi connectivity index (χ4v) is 4.29. The van der Waals surface area contributed by atoms with Gasteiger partial charge in [0, 0.05) is 24.2 Å². The summed E-state index contributed by atoms with van der Waals surface area (Å²) in [4.78, 5) is 27.6. The van der Waals surface area contributed by atoms with Gasteiger partial charge >= 0.3 is 0 Å². The van der Waals surface area contributed by atoms with Crippen molar-refractivity contribution < 1.29 is 18.7 Å². The summed E-state index contributed by atoms with van der Waals surface area (Å²) in [6, 6.07) is 16.8. The number of hydrogen-bond acceptors (Lipinski definition) is 5. The van der Waals surface area contributed by atoms with Crippen molar-refractivity contribution in [2.75, 3.05) is 31.2 Å². The smallest absolute Gasteiger partial charge is 0.279 e. The molecule has 2 amide bonds. The highest BCUT2D eigenvalue weighted by Crippen LogP contribution is 2.39. The van der Waals surface area contributed by atoms with E-state index in [1.54, 1.807) is 0 Å². The lowest BCUT2D eigenvalue weighted by Gasteiger charge is -2.28. The number of anilines is 1. The molecular weight excluding hydrogens is 405 g/mol. The van der Waals surface area contributed by atoms with Gasteiger partial charge in [-0.2, -0.15) is 0 Å². The van der Waals surface area contributed by atoms with Crippen molar-refractivity contribution in [3.8, 4) is 11.1 Å². The molecule has 1 saturated heterocycles. The summed E-state index contributed by atoms with van der Waals surface area (Å²) in [5, 5.41) is 1.000. The van der Waals surface area contributed by atoms with E-state index in [0.717, 1.165) is 29.2 Å². The molecule has 8 heteroatoms. The van der Waals surface area contributed by atoms with E-state index in [4.69, 9.17) is 4.74 Å². The lowest BCUT2D eigenvalue weighted by molar-refractivity contribution is 0.0849. The Morgan fingerprint density at radius 1 is 0.933 bits per heavy atom. The van der Waals surface area contributed by atoms with Gasteiger partial charge in [-0.25, -0.2) is 4.39 Å². The number of hydrogen-bond donors (Lipinski definition) is 2. The molecule has 1 aliphatic rings. The first-order valence-electron chi connectivity index (χ1n) is 9.50. The minimum atomic E-state index is -0.517. The van der Waals surface area contributed by atoms with E-state index in [0.29, 0.717) is 18.1 Å². The SMILES string of the molecule is O=C(NNC(=O)c1cc(-c2ccccc2)c(N2CCOCC2)s1)c1ccc(F)cc1. The number of nitrogens with zero attached hydrogens (tertiary/aromatic N) is 1. The minimum Gasteiger partial charge on any atom is -0.378 e. The van der Waals surface area contributed by atoms with E-state index in [9.17, 15) is 14.0 Å². The number of morpholine rings is 1. The third-order valence-corrected chi connectivity index (χ3v) is 5.91. The molecule has 2 aromatic carbocycles. The molecule has 0 unspecified atom stereocenters. The number of carbonyl (C=O) groups is 2. The highest BCUT2D eigenvalue weighted by molar-refractivity contribution is 7.18. The van der Waals surface area contributed by atoms with Gasteiger partial charge in [0.05, 0.1) is 23.1 Å². The van der Waals surface area contributed by atoms with Crippen LogP contribution in [0.15, 0.2) is 60.7 Å². The van der Waals surface area contributed by atoms with Crippen LogP contribution < -0.4 is 15.8 Å². The Bertz CT molecular complexity index is 1030. The predicted molar refractivity (Wildman–Crippen MR) is 114 cm³/mol. The molecule has 1 aliphatic heterocycles. The van der Waals surface area contributed by atoms with E-state index >= 15 is 0 Å². The van der Waals surface area contributed by atoms with Gasteiger partial charge in [-0.05, 0) is 35.9 Å². The van der Waals surface area contributed by atoms with Crippen molar-refractivity contribution >= 4 is 28.2 Å². The van der Waals surface area contributed by atoms with Crippen LogP contribution in [0, 0.1) is 5.82 Å². The topological polar surface area (TPSA) is 70.7 Å². The van der Waals surface area contributed by atoms with Crippen molar-refractivity contribution in [2.24, 2.45) is 0 Å². The van der Waals surface area contributed by atoms with Crippen molar-refractivity contribution in [1.82, 2.24) is 10.9 Å². The van der Waals surface area contributed by atoms with Crippen LogP contribution in [0.4, 0.5) is 9.39 Å². The monoisotopic (exact) mass is 425 g/mol. The third kappa shape index (κ3) is 4.50. The predicted octanol–water partition coefficient (Wildman–Crippen LogP) is 3.47. The number of ether oxygens (including phenoxy) is 1. The van der Waals surface area contributed by atoms with Crippen LogP contribution in [-0.4, -0.2) is 38.1 Å². The van der Waals surface area contributed by atoms with Crippen molar-refractivity contribution in [1.29, 1.82) is 0 Å². The van der Waals surface area contributed by atoms with Gasteiger partial charge < -0.3 is 9.64 Å². The summed E-state index contributed by atoms with van der Waals surface area (Å²) in [7, 11) is 0. The normalized spacial score (nSPS) is 13.7. The van der Waals surface area contributed by atoms with Crippen LogP contribution in [0.5, 0.6) is 0 Å². The van der Waals surface area contributed by atoms with Gasteiger partial charge in [-0.15, -0.1) is 11.3 Å². The molecule has 4 rings (SSSR count). The molecule has 30 heavy (non-hydrogen) atoms. The molecule has 154 valence electrons. The summed E-state index contributed by atoms with van der Waals surface area (Å²) in [6.45, 7) is 2.79. The van der Waals surface area contributed by atoms with E-state index in [-0.39, 0.29) is 5.56 Å². The van der Waals surface area contributed by atoms with Gasteiger partial charge in [-0.3, -0.25) is 20.4 Å². The fourth-order valence-electron chi connectivity index (χ4n) is 3.17. The Morgan fingerprint density at radius 2 is 1.60 bits per heavy atom. The van der Waals surface area contributed by atoms with Gasteiger partial charge in [0.1, 0.15) is 5.82 Å². The van der Waals surface area contributed by atoms with Crippen LogP contribution in [0.25, 0.3) is 11.1 Å². The summed E-state index contributed by atoms with van der Waals surface area (Å²) in [5.41, 5.74) is 7.06. The highest BCUT2D eigenvalue weighted by Gasteiger charge is 2.22. The summed E-state index contributed by atoms with van der Waals surface area (Å²) >= 11 is 1.38. The van der Waals surface area contributed by atoms with Crippen molar-refractivity contribution in [3.05, 3.63) is 76.9 Å². The number of nitrogens with one attached hydrogen (secondary N) is 2. The third-order valence-electron chi connectivity index (χ3n) is 4.72. The lowest BCUT2D eigenvalue weighted by Crippen LogP contribution is -2.41. The lowest BCUT2D eigenvalue weighted by atomic mass is 10.1. The molecule has 0 radical (unpaired) electrons. The summed E-state index contributed by atoms with van der Waals surface area (Å²) < 4.78 is 18.5. The quantitative estimate of drug-likeness (QED) is 0.628. The summed E-state index contributed by atoms with van der Waals surface area (Å²) in [5.74, 6) is -1.36. The first kappa shape index (κ1) is 20.1. The number of hydrazine groups is 1. The number of halogens is 1. The fraction of sp³-hybridized carbons (Fsp3) is 0.182. The van der Waals surface area contributed by atoms with Crippen molar-refractivity contribution in [2.45, 2.75) is 0 Å². The van der Waals surface area contributed by atoms with Gasteiger partial charge in [0.2, 0.25) is 0 Å². The molecule has 0 saturated carbocycles. The van der Waals surface area contributed by atoms with Crippen LogP contribution >= 0.6 is 11.3 Å². The maximum absolute atomic E-state index is 13.0. The number of carbonyl (C=O) groups excluding carboxylic acids is 2. The average Bonchev–Trinajstić information content (AvgIpc) is 3.24. The number of thiophene rings is 1.